The van der Waals surface area contributed by atoms with Crippen molar-refractivity contribution in [3.8, 4) is 0 Å². The first kappa shape index (κ1) is 19.4. The zero-order chi connectivity index (χ0) is 19.9. The molecule has 0 aliphatic carbocycles. The van der Waals surface area contributed by atoms with E-state index in [1.165, 1.54) is 5.56 Å². The monoisotopic (exact) mass is 390 g/mol. The van der Waals surface area contributed by atoms with Crippen molar-refractivity contribution in [2.75, 3.05) is 38.2 Å². The molecular formula is C23H26N4O2. The second-order valence-electron chi connectivity index (χ2n) is 7.26. The van der Waals surface area contributed by atoms with Gasteiger partial charge in [-0.15, -0.1) is 0 Å². The third-order valence-corrected chi connectivity index (χ3v) is 5.15. The van der Waals surface area contributed by atoms with E-state index in [0.29, 0.717) is 12.1 Å². The smallest absolute Gasteiger partial charge is 0.255 e. The largest absolute Gasteiger partial charge is 0.379 e. The molecule has 3 aromatic rings. The van der Waals surface area contributed by atoms with Crippen molar-refractivity contribution in [1.29, 1.82) is 0 Å². The van der Waals surface area contributed by atoms with E-state index in [-0.39, 0.29) is 5.91 Å². The molecule has 1 fully saturated rings. The maximum Gasteiger partial charge on any atom is 0.255 e. The fourth-order valence-electron chi connectivity index (χ4n) is 3.41. The predicted molar refractivity (Wildman–Crippen MR) is 113 cm³/mol. The lowest BCUT2D eigenvalue weighted by molar-refractivity contribution is 0.0384. The highest BCUT2D eigenvalue weighted by Gasteiger charge is 2.10. The maximum absolute atomic E-state index is 12.5. The molecule has 0 saturated carbocycles. The van der Waals surface area contributed by atoms with Gasteiger partial charge in [-0.1, -0.05) is 24.3 Å². The number of amides is 1. The summed E-state index contributed by atoms with van der Waals surface area (Å²) in [5, 5.41) is 7.17. The topological polar surface area (TPSA) is 59.4 Å². The van der Waals surface area contributed by atoms with Gasteiger partial charge in [-0.25, -0.2) is 0 Å². The molecule has 4 rings (SSSR count). The average Bonchev–Trinajstić information content (AvgIpc) is 3.27. The fourth-order valence-corrected chi connectivity index (χ4v) is 3.41. The fraction of sp³-hybridized carbons (Fsp3) is 0.304. The van der Waals surface area contributed by atoms with Gasteiger partial charge in [0.2, 0.25) is 0 Å². The number of hydrogen-bond acceptors (Lipinski definition) is 4. The molecule has 2 aromatic carbocycles. The van der Waals surface area contributed by atoms with E-state index in [0.717, 1.165) is 50.5 Å². The molecule has 1 N–H and O–H groups in total. The number of aromatic nitrogens is 2. The molecule has 1 amide bonds. The Morgan fingerprint density at radius 1 is 1.00 bits per heavy atom. The summed E-state index contributed by atoms with van der Waals surface area (Å²) < 4.78 is 7.24. The number of ether oxygens (including phenoxy) is 1. The van der Waals surface area contributed by atoms with Crippen LogP contribution in [0.25, 0.3) is 0 Å². The standard InChI is InChI=1S/C23H26N4O2/c28-23(21-6-2-20(3-7-21)18-27-12-1-11-24-27)25-22-8-4-19(5-9-22)10-13-26-14-16-29-17-15-26/h1-9,11-12H,10,13-18H2,(H,25,28). The van der Waals surface area contributed by atoms with E-state index >= 15 is 0 Å². The van der Waals surface area contributed by atoms with Crippen LogP contribution in [0.3, 0.4) is 0 Å². The van der Waals surface area contributed by atoms with Gasteiger partial charge in [-0.3, -0.25) is 14.4 Å². The molecule has 150 valence electrons. The van der Waals surface area contributed by atoms with Crippen LogP contribution in [0.4, 0.5) is 5.69 Å². The highest BCUT2D eigenvalue weighted by atomic mass is 16.5. The molecule has 0 spiro atoms. The summed E-state index contributed by atoms with van der Waals surface area (Å²) in [5.41, 5.74) is 3.84. The van der Waals surface area contributed by atoms with Crippen LogP contribution in [0.5, 0.6) is 0 Å². The first-order valence-corrected chi connectivity index (χ1v) is 10.0. The Bertz CT molecular complexity index is 899. The molecule has 2 heterocycles. The minimum absolute atomic E-state index is 0.100. The van der Waals surface area contributed by atoms with Crippen LogP contribution in [0.1, 0.15) is 21.5 Å². The number of carbonyl (C=O) groups is 1. The lowest BCUT2D eigenvalue weighted by Crippen LogP contribution is -2.37. The Kier molecular flexibility index (Phi) is 6.34. The zero-order valence-corrected chi connectivity index (χ0v) is 16.5. The highest BCUT2D eigenvalue weighted by Crippen LogP contribution is 2.13. The lowest BCUT2D eigenvalue weighted by Gasteiger charge is -2.26. The van der Waals surface area contributed by atoms with E-state index in [1.54, 1.807) is 6.20 Å². The van der Waals surface area contributed by atoms with Gasteiger partial charge >= 0.3 is 0 Å². The van der Waals surface area contributed by atoms with Crippen LogP contribution in [-0.2, 0) is 17.7 Å². The first-order valence-electron chi connectivity index (χ1n) is 10.0. The van der Waals surface area contributed by atoms with Gasteiger partial charge in [-0.2, -0.15) is 5.10 Å². The van der Waals surface area contributed by atoms with Gasteiger partial charge in [0.1, 0.15) is 0 Å². The molecular weight excluding hydrogens is 364 g/mol. The molecule has 6 nitrogen and oxygen atoms in total. The van der Waals surface area contributed by atoms with Crippen LogP contribution in [0.15, 0.2) is 67.0 Å². The molecule has 29 heavy (non-hydrogen) atoms. The molecule has 1 aliphatic heterocycles. The second-order valence-corrected chi connectivity index (χ2v) is 7.26. The minimum atomic E-state index is -0.100. The number of rotatable bonds is 7. The molecule has 6 heteroatoms. The van der Waals surface area contributed by atoms with Gasteiger partial charge in [0.05, 0.1) is 19.8 Å². The number of nitrogens with one attached hydrogen (secondary N) is 1. The average molecular weight is 390 g/mol. The first-order chi connectivity index (χ1) is 14.3. The predicted octanol–water partition coefficient (Wildman–Crippen LogP) is 3.06. The Labute approximate surface area is 171 Å². The highest BCUT2D eigenvalue weighted by molar-refractivity contribution is 6.04. The van der Waals surface area contributed by atoms with Gasteiger partial charge in [0, 0.05) is 43.3 Å². The van der Waals surface area contributed by atoms with Gasteiger partial charge in [-0.05, 0) is 47.9 Å². The van der Waals surface area contributed by atoms with Crippen molar-refractivity contribution in [3.63, 3.8) is 0 Å². The molecule has 1 aliphatic rings. The maximum atomic E-state index is 12.5. The van der Waals surface area contributed by atoms with Gasteiger partial charge in [0.15, 0.2) is 0 Å². The normalized spacial score (nSPS) is 14.6. The second kappa shape index (κ2) is 9.49. The van der Waals surface area contributed by atoms with Crippen molar-refractivity contribution < 1.29 is 9.53 Å². The Hall–Kier alpha value is -2.96. The summed E-state index contributed by atoms with van der Waals surface area (Å²) in [6, 6.07) is 17.6. The van der Waals surface area contributed by atoms with Crippen LogP contribution < -0.4 is 5.32 Å². The SMILES string of the molecule is O=C(Nc1ccc(CCN2CCOCC2)cc1)c1ccc(Cn2cccn2)cc1. The van der Waals surface area contributed by atoms with Crippen LogP contribution in [0.2, 0.25) is 0 Å². The summed E-state index contributed by atoms with van der Waals surface area (Å²) in [7, 11) is 0. The van der Waals surface area contributed by atoms with Crippen molar-refractivity contribution >= 4 is 11.6 Å². The van der Waals surface area contributed by atoms with Crippen LogP contribution in [-0.4, -0.2) is 53.4 Å². The summed E-state index contributed by atoms with van der Waals surface area (Å²) >= 11 is 0. The number of benzene rings is 2. The van der Waals surface area contributed by atoms with Crippen LogP contribution in [0, 0.1) is 0 Å². The molecule has 1 saturated heterocycles. The van der Waals surface area contributed by atoms with Crippen molar-refractivity contribution in [2.45, 2.75) is 13.0 Å². The summed E-state index contributed by atoms with van der Waals surface area (Å²) in [4.78, 5) is 14.9. The Balaban J connectivity index is 1.28. The Morgan fingerprint density at radius 2 is 1.72 bits per heavy atom. The van der Waals surface area contributed by atoms with Crippen LogP contribution >= 0.6 is 0 Å². The number of morpholine rings is 1. The molecule has 0 radical (unpaired) electrons. The van der Waals surface area contributed by atoms with Crippen molar-refractivity contribution in [1.82, 2.24) is 14.7 Å². The Morgan fingerprint density at radius 3 is 2.41 bits per heavy atom. The van der Waals surface area contributed by atoms with Crippen molar-refractivity contribution in [2.24, 2.45) is 0 Å². The third kappa shape index (κ3) is 5.53. The number of carbonyl (C=O) groups excluding carboxylic acids is 1. The zero-order valence-electron chi connectivity index (χ0n) is 16.5. The van der Waals surface area contributed by atoms with Gasteiger partial charge < -0.3 is 10.1 Å². The molecule has 1 aromatic heterocycles. The summed E-state index contributed by atoms with van der Waals surface area (Å²) in [6.07, 6.45) is 4.69. The van der Waals surface area contributed by atoms with E-state index in [4.69, 9.17) is 4.74 Å². The number of anilines is 1. The van der Waals surface area contributed by atoms with E-state index in [9.17, 15) is 4.79 Å². The molecule has 0 atom stereocenters. The minimum Gasteiger partial charge on any atom is -0.379 e. The lowest BCUT2D eigenvalue weighted by atomic mass is 10.1. The molecule has 0 unspecified atom stereocenters. The third-order valence-electron chi connectivity index (χ3n) is 5.15. The quantitative estimate of drug-likeness (QED) is 0.674. The number of hydrogen-bond donors (Lipinski definition) is 1. The number of nitrogens with zero attached hydrogens (tertiary/aromatic N) is 3. The van der Waals surface area contributed by atoms with Crippen molar-refractivity contribution in [3.05, 3.63) is 83.7 Å². The summed E-state index contributed by atoms with van der Waals surface area (Å²) in [5.74, 6) is -0.100. The van der Waals surface area contributed by atoms with E-state index in [2.05, 4.69) is 27.4 Å². The van der Waals surface area contributed by atoms with E-state index < -0.39 is 0 Å². The summed E-state index contributed by atoms with van der Waals surface area (Å²) in [6.45, 7) is 5.41. The van der Waals surface area contributed by atoms with Gasteiger partial charge in [0.25, 0.3) is 5.91 Å². The van der Waals surface area contributed by atoms with E-state index in [1.807, 2.05) is 53.3 Å². The molecule has 0 bridgehead atoms.